The summed E-state index contributed by atoms with van der Waals surface area (Å²) in [4.78, 5) is 4.95. The van der Waals surface area contributed by atoms with E-state index >= 15 is 0 Å². The molecule has 15 rings (SSSR count). The SMILES string of the molecule is CC1(C)c2cc(N(c3ccccc3)c3ccc4c5cccc6cccc(c7cccc3c74)c65)ccc2-c2ccc(N(c3ccccc3)c3ccc4c5cccc6cccc(c7cccc3c74)c65)cc21. The smallest absolute Gasteiger partial charge is 0.0540 e. The first-order valence-corrected chi connectivity index (χ1v) is 24.2. The predicted molar refractivity (Wildman–Crippen MR) is 296 cm³/mol. The highest BCUT2D eigenvalue weighted by molar-refractivity contribution is 6.35. The summed E-state index contributed by atoms with van der Waals surface area (Å²) in [5.41, 5.74) is 11.9. The Morgan fingerprint density at radius 2 is 0.594 bits per heavy atom. The standard InChI is InChI=1S/C67H44N2/c1-67(2)59-39-45(68(43-19-5-3-6-20-43)61-37-35-55-51-25-11-17-41-15-9-23-49(63(41)51)53-27-13-29-57(61)65(53)55)31-33-47(59)48-34-32-46(40-60(48)67)69(44-21-7-4-8-22-44)62-38-36-56-52-26-12-18-42-16-10-24-50(64(42)52)54-28-14-30-58(62)66(54)56/h3-40H,1-2H3. The number of benzene rings is 14. The average molecular weight is 877 g/mol. The van der Waals surface area contributed by atoms with Crippen molar-refractivity contribution >= 4 is 120 Å². The van der Waals surface area contributed by atoms with Gasteiger partial charge in [-0.3, -0.25) is 0 Å². The molecule has 0 atom stereocenters. The van der Waals surface area contributed by atoms with Crippen LogP contribution < -0.4 is 9.80 Å². The monoisotopic (exact) mass is 876 g/mol. The molecule has 14 aromatic carbocycles. The van der Waals surface area contributed by atoms with Gasteiger partial charge in [-0.05, 0) is 158 Å². The van der Waals surface area contributed by atoms with E-state index in [0.29, 0.717) is 0 Å². The second-order valence-corrected chi connectivity index (χ2v) is 19.6. The van der Waals surface area contributed by atoms with Crippen molar-refractivity contribution in [2.75, 3.05) is 9.80 Å². The molecule has 0 saturated carbocycles. The van der Waals surface area contributed by atoms with Gasteiger partial charge in [-0.2, -0.15) is 0 Å². The fourth-order valence-corrected chi connectivity index (χ4v) is 12.7. The summed E-state index contributed by atoms with van der Waals surface area (Å²) in [6.45, 7) is 4.82. The third-order valence-corrected chi connectivity index (χ3v) is 15.7. The molecule has 1 aliphatic rings. The van der Waals surface area contributed by atoms with Crippen LogP contribution in [0.4, 0.5) is 34.1 Å². The lowest BCUT2D eigenvalue weighted by molar-refractivity contribution is 0.660. The molecule has 0 aliphatic heterocycles. The second-order valence-electron chi connectivity index (χ2n) is 19.6. The van der Waals surface area contributed by atoms with E-state index in [9.17, 15) is 0 Å². The van der Waals surface area contributed by atoms with Crippen LogP contribution in [0.5, 0.6) is 0 Å². The van der Waals surface area contributed by atoms with Crippen LogP contribution in [0.15, 0.2) is 231 Å². The van der Waals surface area contributed by atoms with E-state index in [-0.39, 0.29) is 5.41 Å². The zero-order valence-corrected chi connectivity index (χ0v) is 38.3. The second kappa shape index (κ2) is 14.2. The fourth-order valence-electron chi connectivity index (χ4n) is 12.7. The molecule has 2 nitrogen and oxygen atoms in total. The summed E-state index contributed by atoms with van der Waals surface area (Å²) in [6, 6.07) is 86.2. The fraction of sp³-hybridized carbons (Fsp3) is 0.0448. The Morgan fingerprint density at radius 1 is 0.261 bits per heavy atom. The van der Waals surface area contributed by atoms with Gasteiger partial charge in [0.25, 0.3) is 0 Å². The van der Waals surface area contributed by atoms with Crippen molar-refractivity contribution < 1.29 is 0 Å². The molecule has 0 fully saturated rings. The van der Waals surface area contributed by atoms with Crippen molar-refractivity contribution in [3.63, 3.8) is 0 Å². The van der Waals surface area contributed by atoms with E-state index in [1.54, 1.807) is 0 Å². The van der Waals surface area contributed by atoms with Crippen LogP contribution in [0, 0.1) is 0 Å². The first kappa shape index (κ1) is 38.4. The van der Waals surface area contributed by atoms with Gasteiger partial charge in [0.15, 0.2) is 0 Å². The lowest BCUT2D eigenvalue weighted by Gasteiger charge is -2.30. The topological polar surface area (TPSA) is 6.48 Å². The Labute approximate surface area is 400 Å². The van der Waals surface area contributed by atoms with Gasteiger partial charge >= 0.3 is 0 Å². The van der Waals surface area contributed by atoms with Gasteiger partial charge in [0.05, 0.1) is 11.4 Å². The number of para-hydroxylation sites is 2. The minimum atomic E-state index is -0.286. The molecule has 0 unspecified atom stereocenters. The van der Waals surface area contributed by atoms with Gasteiger partial charge in [0.2, 0.25) is 0 Å². The maximum atomic E-state index is 2.47. The number of hydrogen-bond donors (Lipinski definition) is 0. The molecule has 0 aromatic heterocycles. The van der Waals surface area contributed by atoms with Crippen LogP contribution in [0.3, 0.4) is 0 Å². The molecular formula is C67H44N2. The van der Waals surface area contributed by atoms with Crippen molar-refractivity contribution in [1.29, 1.82) is 0 Å². The number of fused-ring (bicyclic) bond motifs is 7. The third kappa shape index (κ3) is 5.32. The van der Waals surface area contributed by atoms with Crippen molar-refractivity contribution in [3.05, 3.63) is 242 Å². The quantitative estimate of drug-likeness (QED) is 0.121. The molecule has 0 N–H and O–H groups in total. The number of nitrogens with zero attached hydrogens (tertiary/aromatic N) is 2. The first-order valence-electron chi connectivity index (χ1n) is 24.2. The molecule has 1 aliphatic carbocycles. The molecule has 0 spiro atoms. The van der Waals surface area contributed by atoms with E-state index in [2.05, 4.69) is 254 Å². The highest BCUT2D eigenvalue weighted by atomic mass is 15.1. The molecule has 0 heterocycles. The van der Waals surface area contributed by atoms with E-state index in [1.165, 1.54) is 120 Å². The predicted octanol–water partition coefficient (Wildman–Crippen LogP) is 19.0. The highest BCUT2D eigenvalue weighted by Gasteiger charge is 2.37. The molecule has 0 radical (unpaired) electrons. The molecule has 14 aromatic rings. The van der Waals surface area contributed by atoms with Gasteiger partial charge < -0.3 is 9.80 Å². The third-order valence-electron chi connectivity index (χ3n) is 15.7. The summed E-state index contributed by atoms with van der Waals surface area (Å²) in [6.07, 6.45) is 0. The maximum Gasteiger partial charge on any atom is 0.0540 e. The van der Waals surface area contributed by atoms with Crippen LogP contribution in [0.25, 0.3) is 97.3 Å². The molecular weight excluding hydrogens is 833 g/mol. The summed E-state index contributed by atoms with van der Waals surface area (Å²) < 4.78 is 0. The number of anilines is 6. The Bertz CT molecular complexity index is 4010. The Hall–Kier alpha value is -8.72. The van der Waals surface area contributed by atoms with Gasteiger partial charge in [-0.1, -0.05) is 184 Å². The van der Waals surface area contributed by atoms with Crippen molar-refractivity contribution in [1.82, 2.24) is 0 Å². The summed E-state index contributed by atoms with van der Waals surface area (Å²) in [5, 5.41) is 20.8. The first-order chi connectivity index (χ1) is 34.0. The summed E-state index contributed by atoms with van der Waals surface area (Å²) in [7, 11) is 0. The van der Waals surface area contributed by atoms with Gasteiger partial charge in [0, 0.05) is 38.9 Å². The number of hydrogen-bond acceptors (Lipinski definition) is 2. The molecule has 0 bridgehead atoms. The van der Waals surface area contributed by atoms with Crippen molar-refractivity contribution in [2.45, 2.75) is 19.3 Å². The van der Waals surface area contributed by atoms with Crippen LogP contribution >= 0.6 is 0 Å². The summed E-state index contributed by atoms with van der Waals surface area (Å²) >= 11 is 0. The van der Waals surface area contributed by atoms with Gasteiger partial charge in [0.1, 0.15) is 0 Å². The van der Waals surface area contributed by atoms with E-state index in [4.69, 9.17) is 0 Å². The van der Waals surface area contributed by atoms with E-state index in [0.717, 1.165) is 22.7 Å². The molecule has 322 valence electrons. The zero-order chi connectivity index (χ0) is 45.5. The lowest BCUT2D eigenvalue weighted by Crippen LogP contribution is -2.18. The maximum absolute atomic E-state index is 2.47. The number of rotatable bonds is 6. The Kier molecular flexibility index (Phi) is 7.87. The van der Waals surface area contributed by atoms with Crippen LogP contribution in [-0.4, -0.2) is 0 Å². The Balaban J connectivity index is 0.894. The van der Waals surface area contributed by atoms with E-state index < -0.39 is 0 Å². The molecule has 0 amide bonds. The molecule has 69 heavy (non-hydrogen) atoms. The summed E-state index contributed by atoms with van der Waals surface area (Å²) in [5.74, 6) is 0. The Morgan fingerprint density at radius 3 is 0.986 bits per heavy atom. The molecule has 2 heteroatoms. The van der Waals surface area contributed by atoms with Crippen LogP contribution in [0.2, 0.25) is 0 Å². The lowest BCUT2D eigenvalue weighted by atomic mass is 9.82. The van der Waals surface area contributed by atoms with Crippen LogP contribution in [-0.2, 0) is 5.41 Å². The highest BCUT2D eigenvalue weighted by Crippen LogP contribution is 2.54. The van der Waals surface area contributed by atoms with Crippen LogP contribution in [0.1, 0.15) is 25.0 Å². The van der Waals surface area contributed by atoms with Crippen molar-refractivity contribution in [3.8, 4) is 11.1 Å². The zero-order valence-electron chi connectivity index (χ0n) is 38.3. The largest absolute Gasteiger partial charge is 0.310 e. The normalized spacial score (nSPS) is 13.2. The minimum Gasteiger partial charge on any atom is -0.310 e. The molecule has 0 saturated heterocycles. The average Bonchev–Trinajstić information content (AvgIpc) is 3.62. The van der Waals surface area contributed by atoms with Gasteiger partial charge in [-0.25, -0.2) is 0 Å². The van der Waals surface area contributed by atoms with Crippen molar-refractivity contribution in [2.24, 2.45) is 0 Å². The van der Waals surface area contributed by atoms with Gasteiger partial charge in [-0.15, -0.1) is 0 Å². The van der Waals surface area contributed by atoms with E-state index in [1.807, 2.05) is 0 Å². The minimum absolute atomic E-state index is 0.286.